The number of rotatable bonds is 1. The summed E-state index contributed by atoms with van der Waals surface area (Å²) in [5.74, 6) is -0.469. The molecule has 1 aliphatic heterocycles. The number of hydrogen-bond donors (Lipinski definition) is 3. The molecule has 0 aromatic carbocycles. The third-order valence-corrected chi connectivity index (χ3v) is 8.71. The molecule has 0 radical (unpaired) electrons. The van der Waals surface area contributed by atoms with E-state index in [1.54, 1.807) is 0 Å². The van der Waals surface area contributed by atoms with Gasteiger partial charge in [0.1, 0.15) is 0 Å². The Labute approximate surface area is 149 Å². The molecule has 1 spiro atoms. The zero-order chi connectivity index (χ0) is 18.3. The summed E-state index contributed by atoms with van der Waals surface area (Å²) in [6.07, 6.45) is 5.65. The summed E-state index contributed by atoms with van der Waals surface area (Å²) in [5, 5.41) is 24.3. The molecule has 3 N–H and O–H groups in total. The second-order valence-corrected chi connectivity index (χ2v) is 10.2. The summed E-state index contributed by atoms with van der Waals surface area (Å²) < 4.78 is 0. The van der Waals surface area contributed by atoms with E-state index in [2.05, 4.69) is 19.2 Å². The van der Waals surface area contributed by atoms with Crippen LogP contribution in [0.3, 0.4) is 0 Å². The van der Waals surface area contributed by atoms with Crippen molar-refractivity contribution in [3.8, 4) is 0 Å². The molecular weight excluding hydrogens is 318 g/mol. The summed E-state index contributed by atoms with van der Waals surface area (Å²) in [7, 11) is 0. The van der Waals surface area contributed by atoms with Crippen molar-refractivity contribution in [2.45, 2.75) is 83.8 Å². The third kappa shape index (κ3) is 2.11. The van der Waals surface area contributed by atoms with E-state index in [9.17, 15) is 19.8 Å². The Balaban J connectivity index is 1.80. The Bertz CT molecular complexity index is 635. The van der Waals surface area contributed by atoms with Gasteiger partial charge >= 0.3 is 5.97 Å². The van der Waals surface area contributed by atoms with Crippen molar-refractivity contribution in [3.63, 3.8) is 0 Å². The fourth-order valence-electron chi connectivity index (χ4n) is 7.69. The van der Waals surface area contributed by atoms with E-state index < -0.39 is 17.5 Å². The van der Waals surface area contributed by atoms with Crippen LogP contribution in [0.15, 0.2) is 0 Å². The number of carboxylic acids is 1. The molecule has 7 atom stereocenters. The van der Waals surface area contributed by atoms with Crippen LogP contribution in [0.25, 0.3) is 0 Å². The van der Waals surface area contributed by atoms with E-state index in [-0.39, 0.29) is 34.1 Å². The van der Waals surface area contributed by atoms with Crippen molar-refractivity contribution in [2.75, 3.05) is 0 Å². The number of amides is 1. The summed E-state index contributed by atoms with van der Waals surface area (Å²) in [5.41, 5.74) is -1.48. The highest BCUT2D eigenvalue weighted by atomic mass is 16.4. The maximum Gasteiger partial charge on any atom is 0.309 e. The Hall–Kier alpha value is -1.10. The number of carbonyl (C=O) groups excluding carboxylic acids is 1. The van der Waals surface area contributed by atoms with Crippen LogP contribution in [-0.4, -0.2) is 33.7 Å². The van der Waals surface area contributed by atoms with E-state index >= 15 is 0 Å². The van der Waals surface area contributed by atoms with Crippen molar-refractivity contribution < 1.29 is 19.8 Å². The molecule has 3 aliphatic carbocycles. The first-order valence-corrected chi connectivity index (χ1v) is 9.78. The van der Waals surface area contributed by atoms with Crippen LogP contribution >= 0.6 is 0 Å². The van der Waals surface area contributed by atoms with Crippen LogP contribution in [0.4, 0.5) is 0 Å². The molecule has 140 valence electrons. The van der Waals surface area contributed by atoms with Gasteiger partial charge in [-0.15, -0.1) is 0 Å². The number of aliphatic carboxylic acids is 1. The molecule has 1 amide bonds. The quantitative estimate of drug-likeness (QED) is 0.679. The van der Waals surface area contributed by atoms with Crippen LogP contribution in [-0.2, 0) is 9.59 Å². The van der Waals surface area contributed by atoms with Crippen LogP contribution < -0.4 is 5.32 Å². The summed E-state index contributed by atoms with van der Waals surface area (Å²) in [6, 6.07) is 0. The minimum atomic E-state index is -0.771. The molecule has 4 rings (SSSR count). The van der Waals surface area contributed by atoms with Crippen LogP contribution in [0, 0.1) is 28.1 Å². The lowest BCUT2D eigenvalue weighted by molar-refractivity contribution is -0.228. The molecule has 1 heterocycles. The molecule has 2 bridgehead atoms. The number of fused-ring (bicyclic) bond motifs is 3. The van der Waals surface area contributed by atoms with Gasteiger partial charge < -0.3 is 15.5 Å². The maximum absolute atomic E-state index is 12.5. The Morgan fingerprint density at radius 3 is 2.56 bits per heavy atom. The van der Waals surface area contributed by atoms with Gasteiger partial charge in [-0.3, -0.25) is 9.59 Å². The van der Waals surface area contributed by atoms with Crippen LogP contribution in [0.5, 0.6) is 0 Å². The van der Waals surface area contributed by atoms with Crippen molar-refractivity contribution in [1.82, 2.24) is 5.32 Å². The van der Waals surface area contributed by atoms with Crippen LogP contribution in [0.1, 0.15) is 72.1 Å². The van der Waals surface area contributed by atoms with Crippen molar-refractivity contribution in [1.29, 1.82) is 0 Å². The van der Waals surface area contributed by atoms with Gasteiger partial charge in [0.25, 0.3) is 0 Å². The number of nitrogens with one attached hydrogen (secondary N) is 1. The van der Waals surface area contributed by atoms with E-state index in [1.807, 2.05) is 6.92 Å². The predicted molar refractivity (Wildman–Crippen MR) is 92.8 cm³/mol. The van der Waals surface area contributed by atoms with Gasteiger partial charge in [-0.2, -0.15) is 0 Å². The zero-order valence-electron chi connectivity index (χ0n) is 15.6. The first-order valence-electron chi connectivity index (χ1n) is 9.78. The average molecular weight is 349 g/mol. The fraction of sp³-hybridized carbons (Fsp3) is 0.900. The second kappa shape index (κ2) is 4.99. The summed E-state index contributed by atoms with van der Waals surface area (Å²) in [6.45, 7) is 6.24. The predicted octanol–water partition coefficient (Wildman–Crippen LogP) is 2.71. The van der Waals surface area contributed by atoms with Gasteiger partial charge in [0.2, 0.25) is 5.91 Å². The highest BCUT2D eigenvalue weighted by Crippen LogP contribution is 2.69. The topological polar surface area (TPSA) is 86.6 Å². The smallest absolute Gasteiger partial charge is 0.309 e. The van der Waals surface area contributed by atoms with Gasteiger partial charge in [-0.05, 0) is 69.6 Å². The molecule has 0 aromatic rings. The molecule has 5 heteroatoms. The maximum atomic E-state index is 12.5. The highest BCUT2D eigenvalue weighted by molar-refractivity contribution is 5.79. The van der Waals surface area contributed by atoms with Gasteiger partial charge in [-0.1, -0.05) is 13.3 Å². The minimum Gasteiger partial charge on any atom is -0.481 e. The lowest BCUT2D eigenvalue weighted by Gasteiger charge is -2.68. The second-order valence-electron chi connectivity index (χ2n) is 10.2. The number of aliphatic hydroxyl groups is 1. The molecule has 4 fully saturated rings. The molecule has 4 aliphatic rings. The number of aliphatic hydroxyl groups excluding tert-OH is 1. The standard InChI is InChI=1S/C20H31NO4/c1-17-8-5-12-18(2)6-4-7-19(3,16(24)25)13(18)9-14(22)20(12,11-17)10-15(23)21-17/h12-14,22H,4-11H2,1-3H3,(H,21,23)(H,24,25)/t12-,13-,14-,17-,18-,19+,20+/m0/s1. The van der Waals surface area contributed by atoms with E-state index in [4.69, 9.17) is 0 Å². The van der Waals surface area contributed by atoms with Crippen molar-refractivity contribution in [3.05, 3.63) is 0 Å². The van der Waals surface area contributed by atoms with E-state index in [0.717, 1.165) is 32.1 Å². The van der Waals surface area contributed by atoms with E-state index in [1.165, 1.54) is 0 Å². The average Bonchev–Trinajstić information content (AvgIpc) is 2.48. The Morgan fingerprint density at radius 1 is 1.16 bits per heavy atom. The zero-order valence-corrected chi connectivity index (χ0v) is 15.6. The molecule has 0 unspecified atom stereocenters. The number of piperidine rings is 1. The SMILES string of the molecule is C[C@@]12CC[C@H]3[C@]4(C)CCC[C@@](C)(C(=O)O)[C@H]4C[C@H](O)[C@]3(CC(=O)N1)C2. The highest BCUT2D eigenvalue weighted by Gasteiger charge is 2.68. The summed E-state index contributed by atoms with van der Waals surface area (Å²) in [4.78, 5) is 24.6. The largest absolute Gasteiger partial charge is 0.481 e. The van der Waals surface area contributed by atoms with Gasteiger partial charge in [0.15, 0.2) is 0 Å². The minimum absolute atomic E-state index is 0.0220. The number of carboxylic acid groups (broad SMARTS) is 1. The van der Waals surface area contributed by atoms with Crippen LogP contribution in [0.2, 0.25) is 0 Å². The molecule has 5 nitrogen and oxygen atoms in total. The van der Waals surface area contributed by atoms with E-state index in [0.29, 0.717) is 19.3 Å². The molecule has 1 saturated heterocycles. The summed E-state index contributed by atoms with van der Waals surface area (Å²) >= 11 is 0. The molecule has 3 saturated carbocycles. The van der Waals surface area contributed by atoms with Crippen molar-refractivity contribution >= 4 is 11.9 Å². The molecular formula is C20H31NO4. The lowest BCUT2D eigenvalue weighted by atomic mass is 9.37. The molecule has 25 heavy (non-hydrogen) atoms. The normalized spacial score (nSPS) is 54.9. The Morgan fingerprint density at radius 2 is 1.88 bits per heavy atom. The van der Waals surface area contributed by atoms with Gasteiger partial charge in [0, 0.05) is 17.4 Å². The van der Waals surface area contributed by atoms with Gasteiger partial charge in [-0.25, -0.2) is 0 Å². The third-order valence-electron chi connectivity index (χ3n) is 8.71. The first kappa shape index (κ1) is 17.3. The fourth-order valence-corrected chi connectivity index (χ4v) is 7.69. The first-order chi connectivity index (χ1) is 11.6. The van der Waals surface area contributed by atoms with Gasteiger partial charge in [0.05, 0.1) is 11.5 Å². The van der Waals surface area contributed by atoms with Crippen molar-refractivity contribution in [2.24, 2.45) is 28.1 Å². The number of carbonyl (C=O) groups is 2. The monoisotopic (exact) mass is 349 g/mol. The Kier molecular flexibility index (Phi) is 3.46. The lowest BCUT2D eigenvalue weighted by Crippen LogP contribution is -2.70. The molecule has 0 aromatic heterocycles. The number of hydrogen-bond acceptors (Lipinski definition) is 3.